The Morgan fingerprint density at radius 3 is 2.17 bits per heavy atom. The smallest absolute Gasteiger partial charge is 0.252 e. The summed E-state index contributed by atoms with van der Waals surface area (Å²) in [4.78, 5) is 12.7. The summed E-state index contributed by atoms with van der Waals surface area (Å²) in [7, 11) is 0. The Balaban J connectivity index is 1.95. The van der Waals surface area contributed by atoms with Gasteiger partial charge in [-0.2, -0.15) is 0 Å². The fourth-order valence-electron chi connectivity index (χ4n) is 2.71. The third kappa shape index (κ3) is 3.85. The minimum Gasteiger partial charge on any atom is -0.341 e. The predicted octanol–water partition coefficient (Wildman–Crippen LogP) is 5.12. The average Bonchev–Trinajstić information content (AvgIpc) is 2.61. The number of rotatable bonds is 4. The summed E-state index contributed by atoms with van der Waals surface area (Å²) in [5, 5.41) is 3.18. The highest BCUT2D eigenvalue weighted by atomic mass is 127. The normalized spacial score (nSPS) is 11.8. The van der Waals surface area contributed by atoms with E-state index in [-0.39, 0.29) is 11.9 Å². The van der Waals surface area contributed by atoms with Gasteiger partial charge in [-0.3, -0.25) is 4.79 Å². The summed E-state index contributed by atoms with van der Waals surface area (Å²) in [6, 6.07) is 25.7. The lowest BCUT2D eigenvalue weighted by molar-refractivity contribution is 0.0943. The molecule has 3 aromatic carbocycles. The van der Waals surface area contributed by atoms with Crippen molar-refractivity contribution in [3.8, 4) is 0 Å². The Morgan fingerprint density at radius 1 is 0.875 bits per heavy atom. The molecule has 0 fully saturated rings. The van der Waals surface area contributed by atoms with Crippen LogP contribution in [0, 0.1) is 10.5 Å². The molecule has 1 atom stereocenters. The molecule has 1 amide bonds. The summed E-state index contributed by atoms with van der Waals surface area (Å²) in [5.41, 5.74) is 4.02. The topological polar surface area (TPSA) is 29.1 Å². The maximum absolute atomic E-state index is 12.7. The number of halogens is 1. The van der Waals surface area contributed by atoms with Crippen molar-refractivity contribution in [2.45, 2.75) is 13.0 Å². The van der Waals surface area contributed by atoms with Crippen molar-refractivity contribution >= 4 is 28.5 Å². The number of aryl methyl sites for hydroxylation is 1. The van der Waals surface area contributed by atoms with Crippen LogP contribution in [0.2, 0.25) is 0 Å². The molecule has 3 heteroatoms. The third-order valence-electron chi connectivity index (χ3n) is 4.01. The molecule has 0 aliphatic heterocycles. The zero-order valence-electron chi connectivity index (χ0n) is 13.4. The molecule has 0 bridgehead atoms. The summed E-state index contributed by atoms with van der Waals surface area (Å²) in [6.45, 7) is 2.07. The van der Waals surface area contributed by atoms with E-state index >= 15 is 0 Å². The highest BCUT2D eigenvalue weighted by molar-refractivity contribution is 14.1. The van der Waals surface area contributed by atoms with Gasteiger partial charge in [-0.25, -0.2) is 0 Å². The van der Waals surface area contributed by atoms with Crippen LogP contribution in [0.4, 0.5) is 0 Å². The van der Waals surface area contributed by atoms with Gasteiger partial charge in [0.2, 0.25) is 0 Å². The Labute approximate surface area is 156 Å². The highest BCUT2D eigenvalue weighted by Crippen LogP contribution is 2.25. The molecule has 24 heavy (non-hydrogen) atoms. The number of hydrogen-bond donors (Lipinski definition) is 1. The summed E-state index contributed by atoms with van der Waals surface area (Å²) in [5.74, 6) is -0.0662. The monoisotopic (exact) mass is 427 g/mol. The fourth-order valence-corrected chi connectivity index (χ4v) is 3.07. The second-order valence-electron chi connectivity index (χ2n) is 5.68. The number of hydrogen-bond acceptors (Lipinski definition) is 1. The van der Waals surface area contributed by atoms with Crippen molar-refractivity contribution < 1.29 is 4.79 Å². The van der Waals surface area contributed by atoms with Crippen LogP contribution in [0.1, 0.15) is 33.1 Å². The molecular formula is C21H18INO. The molecule has 2 nitrogen and oxygen atoms in total. The van der Waals surface area contributed by atoms with E-state index in [0.717, 1.165) is 20.3 Å². The Hall–Kier alpha value is -2.14. The van der Waals surface area contributed by atoms with Crippen LogP contribution in [-0.4, -0.2) is 5.91 Å². The zero-order valence-corrected chi connectivity index (χ0v) is 15.5. The molecule has 0 saturated carbocycles. The second kappa shape index (κ2) is 7.62. The van der Waals surface area contributed by atoms with Gasteiger partial charge >= 0.3 is 0 Å². The molecule has 0 spiro atoms. The molecule has 1 unspecified atom stereocenters. The first-order valence-electron chi connectivity index (χ1n) is 7.82. The van der Waals surface area contributed by atoms with Crippen LogP contribution in [0.5, 0.6) is 0 Å². The minimum absolute atomic E-state index is 0.0662. The van der Waals surface area contributed by atoms with Gasteiger partial charge in [-0.1, -0.05) is 54.6 Å². The van der Waals surface area contributed by atoms with E-state index < -0.39 is 0 Å². The van der Waals surface area contributed by atoms with E-state index in [1.807, 2.05) is 66.7 Å². The lowest BCUT2D eigenvalue weighted by atomic mass is 9.94. The first-order valence-corrected chi connectivity index (χ1v) is 8.90. The van der Waals surface area contributed by atoms with Crippen molar-refractivity contribution in [1.29, 1.82) is 0 Å². The van der Waals surface area contributed by atoms with E-state index in [1.54, 1.807) is 0 Å². The maximum atomic E-state index is 12.7. The van der Waals surface area contributed by atoms with Gasteiger partial charge in [-0.05, 0) is 70.5 Å². The molecule has 3 aromatic rings. The average molecular weight is 427 g/mol. The van der Waals surface area contributed by atoms with Gasteiger partial charge in [0.05, 0.1) is 6.04 Å². The standard InChI is InChI=1S/C21H18INO/c1-15-7-5-6-10-19(15)20(16-8-3-2-4-9-16)23-21(24)17-11-13-18(22)14-12-17/h2-14,20H,1H3,(H,23,24). The molecule has 0 aliphatic carbocycles. The molecule has 0 saturated heterocycles. The van der Waals surface area contributed by atoms with Crippen LogP contribution < -0.4 is 5.32 Å². The van der Waals surface area contributed by atoms with Gasteiger partial charge in [0, 0.05) is 9.13 Å². The van der Waals surface area contributed by atoms with E-state index in [2.05, 4.69) is 47.0 Å². The molecule has 0 heterocycles. The minimum atomic E-state index is -0.167. The zero-order chi connectivity index (χ0) is 16.9. The first-order chi connectivity index (χ1) is 11.6. The van der Waals surface area contributed by atoms with Crippen LogP contribution in [0.3, 0.4) is 0 Å². The van der Waals surface area contributed by atoms with Crippen molar-refractivity contribution in [3.05, 3.63) is 105 Å². The largest absolute Gasteiger partial charge is 0.341 e. The number of nitrogens with one attached hydrogen (secondary N) is 1. The van der Waals surface area contributed by atoms with Crippen LogP contribution in [0.25, 0.3) is 0 Å². The van der Waals surface area contributed by atoms with Crippen LogP contribution in [-0.2, 0) is 0 Å². The van der Waals surface area contributed by atoms with Gasteiger partial charge in [-0.15, -0.1) is 0 Å². The van der Waals surface area contributed by atoms with E-state index in [9.17, 15) is 4.79 Å². The quantitative estimate of drug-likeness (QED) is 0.576. The Bertz CT molecular complexity index is 828. The van der Waals surface area contributed by atoms with Gasteiger partial charge < -0.3 is 5.32 Å². The number of carbonyl (C=O) groups is 1. The molecule has 0 aromatic heterocycles. The summed E-state index contributed by atoms with van der Waals surface area (Å²) < 4.78 is 1.11. The van der Waals surface area contributed by atoms with Gasteiger partial charge in [0.15, 0.2) is 0 Å². The van der Waals surface area contributed by atoms with Crippen molar-refractivity contribution in [2.75, 3.05) is 0 Å². The SMILES string of the molecule is Cc1ccccc1C(NC(=O)c1ccc(I)cc1)c1ccccc1. The molecular weight excluding hydrogens is 409 g/mol. The first kappa shape index (κ1) is 16.7. The number of benzene rings is 3. The van der Waals surface area contributed by atoms with Gasteiger partial charge in [0.1, 0.15) is 0 Å². The van der Waals surface area contributed by atoms with E-state index in [4.69, 9.17) is 0 Å². The Kier molecular flexibility index (Phi) is 5.30. The maximum Gasteiger partial charge on any atom is 0.252 e. The van der Waals surface area contributed by atoms with Crippen molar-refractivity contribution in [1.82, 2.24) is 5.32 Å². The van der Waals surface area contributed by atoms with E-state index in [0.29, 0.717) is 5.56 Å². The number of amides is 1. The predicted molar refractivity (Wildman–Crippen MR) is 106 cm³/mol. The molecule has 0 radical (unpaired) electrons. The molecule has 1 N–H and O–H groups in total. The third-order valence-corrected chi connectivity index (χ3v) is 4.73. The lowest BCUT2D eigenvalue weighted by Crippen LogP contribution is -2.29. The number of carbonyl (C=O) groups excluding carboxylic acids is 1. The van der Waals surface area contributed by atoms with Crippen LogP contribution >= 0.6 is 22.6 Å². The van der Waals surface area contributed by atoms with Crippen molar-refractivity contribution in [2.24, 2.45) is 0 Å². The summed E-state index contributed by atoms with van der Waals surface area (Å²) >= 11 is 2.24. The molecule has 120 valence electrons. The summed E-state index contributed by atoms with van der Waals surface area (Å²) in [6.07, 6.45) is 0. The highest BCUT2D eigenvalue weighted by Gasteiger charge is 2.19. The van der Waals surface area contributed by atoms with Gasteiger partial charge in [0.25, 0.3) is 5.91 Å². The van der Waals surface area contributed by atoms with Crippen LogP contribution in [0.15, 0.2) is 78.9 Å². The molecule has 3 rings (SSSR count). The molecule has 0 aliphatic rings. The fraction of sp³-hybridized carbons (Fsp3) is 0.0952. The van der Waals surface area contributed by atoms with E-state index in [1.165, 1.54) is 0 Å². The lowest BCUT2D eigenvalue weighted by Gasteiger charge is -2.21. The second-order valence-corrected chi connectivity index (χ2v) is 6.93. The Morgan fingerprint density at radius 2 is 1.50 bits per heavy atom. The van der Waals surface area contributed by atoms with Crippen molar-refractivity contribution in [3.63, 3.8) is 0 Å².